The zero-order valence-electron chi connectivity index (χ0n) is 11.9. The van der Waals surface area contributed by atoms with Crippen molar-refractivity contribution >= 4 is 23.2 Å². The number of nitrogens with zero attached hydrogens (tertiary/aromatic N) is 1. The molecule has 0 bridgehead atoms. The molecule has 0 aliphatic carbocycles. The number of anilines is 2. The molecule has 5 heteroatoms. The molecule has 2 heterocycles. The fourth-order valence-corrected chi connectivity index (χ4v) is 3.47. The van der Waals surface area contributed by atoms with Crippen LogP contribution in [0.25, 0.3) is 0 Å². The van der Waals surface area contributed by atoms with Gasteiger partial charge in [-0.15, -0.1) is 0 Å². The van der Waals surface area contributed by atoms with Crippen LogP contribution in [0.4, 0.5) is 11.4 Å². The van der Waals surface area contributed by atoms with Gasteiger partial charge in [0.1, 0.15) is 5.92 Å². The summed E-state index contributed by atoms with van der Waals surface area (Å²) in [6.45, 7) is 0. The first-order valence-electron chi connectivity index (χ1n) is 7.05. The van der Waals surface area contributed by atoms with Crippen LogP contribution in [0.15, 0.2) is 48.5 Å². The van der Waals surface area contributed by atoms with Gasteiger partial charge in [-0.1, -0.05) is 36.4 Å². The van der Waals surface area contributed by atoms with Crippen LogP contribution in [-0.2, 0) is 15.2 Å². The highest BCUT2D eigenvalue weighted by molar-refractivity contribution is 6.14. The summed E-state index contributed by atoms with van der Waals surface area (Å²) in [7, 11) is 1.61. The minimum Gasteiger partial charge on any atom is -0.374 e. The van der Waals surface area contributed by atoms with Crippen LogP contribution in [0, 0.1) is 0 Å². The van der Waals surface area contributed by atoms with Crippen LogP contribution in [0.5, 0.6) is 0 Å². The summed E-state index contributed by atoms with van der Waals surface area (Å²) in [5.74, 6) is -1.78. The molecule has 22 heavy (non-hydrogen) atoms. The van der Waals surface area contributed by atoms with E-state index in [4.69, 9.17) is 0 Å². The lowest BCUT2D eigenvalue weighted by Crippen LogP contribution is -2.45. The van der Waals surface area contributed by atoms with Gasteiger partial charge in [-0.05, 0) is 17.7 Å². The Kier molecular flexibility index (Phi) is 2.47. The molecule has 2 aromatic carbocycles. The van der Waals surface area contributed by atoms with Crippen LogP contribution in [-0.4, -0.2) is 24.0 Å². The summed E-state index contributed by atoms with van der Waals surface area (Å²) in [5, 5.41) is 14.0. The minimum absolute atomic E-state index is 0.359. The number of hydrogen-bond acceptors (Lipinski definition) is 3. The predicted molar refractivity (Wildman–Crippen MR) is 81.6 cm³/mol. The van der Waals surface area contributed by atoms with Crippen molar-refractivity contribution in [3.63, 3.8) is 0 Å². The van der Waals surface area contributed by atoms with Crippen molar-refractivity contribution in [2.24, 2.45) is 0 Å². The topological polar surface area (TPSA) is 69.6 Å². The third-order valence-electron chi connectivity index (χ3n) is 4.52. The summed E-state index contributed by atoms with van der Waals surface area (Å²) in [6.07, 6.45) is 0. The third kappa shape index (κ3) is 1.41. The van der Waals surface area contributed by atoms with Gasteiger partial charge in [0, 0.05) is 18.3 Å². The number of carbonyl (C=O) groups is 2. The molecule has 2 amide bonds. The first kappa shape index (κ1) is 13.0. The second-order valence-electron chi connectivity index (χ2n) is 5.66. The van der Waals surface area contributed by atoms with E-state index in [1.54, 1.807) is 49.5 Å². The normalized spacial score (nSPS) is 25.9. The standard InChI is InChI=1S/C17H14N2O3/c1-19-13-9-5-3-7-11(13)17(22,16(19)21)14-10-6-2-4-8-12(10)18-15(14)20/h2-9,14,22H,1H3,(H,18,20)/t14-,17-/m1/s1. The van der Waals surface area contributed by atoms with Gasteiger partial charge in [0.25, 0.3) is 5.91 Å². The number of para-hydroxylation sites is 2. The molecule has 2 aliphatic heterocycles. The number of hydrogen-bond donors (Lipinski definition) is 2. The van der Waals surface area contributed by atoms with Crippen molar-refractivity contribution in [2.45, 2.75) is 11.5 Å². The number of amides is 2. The summed E-state index contributed by atoms with van der Waals surface area (Å²) in [4.78, 5) is 26.6. The van der Waals surface area contributed by atoms with Gasteiger partial charge in [0.05, 0.1) is 5.69 Å². The molecule has 0 radical (unpaired) electrons. The van der Waals surface area contributed by atoms with E-state index < -0.39 is 17.4 Å². The Morgan fingerprint density at radius 2 is 1.77 bits per heavy atom. The van der Waals surface area contributed by atoms with Crippen LogP contribution >= 0.6 is 0 Å². The molecule has 2 N–H and O–H groups in total. The number of fused-ring (bicyclic) bond motifs is 2. The van der Waals surface area contributed by atoms with Gasteiger partial charge in [0.2, 0.25) is 5.91 Å². The van der Waals surface area contributed by atoms with E-state index in [2.05, 4.69) is 5.32 Å². The zero-order valence-corrected chi connectivity index (χ0v) is 11.9. The Hall–Kier alpha value is -2.66. The Labute approximate surface area is 127 Å². The largest absolute Gasteiger partial charge is 0.374 e. The molecular formula is C17H14N2O3. The van der Waals surface area contributed by atoms with Gasteiger partial charge >= 0.3 is 0 Å². The number of nitrogens with one attached hydrogen (secondary N) is 1. The highest BCUT2D eigenvalue weighted by atomic mass is 16.3. The average Bonchev–Trinajstić information content (AvgIpc) is 2.97. The molecule has 0 spiro atoms. The second kappa shape index (κ2) is 4.18. The summed E-state index contributed by atoms with van der Waals surface area (Å²) >= 11 is 0. The van der Waals surface area contributed by atoms with Crippen molar-refractivity contribution in [2.75, 3.05) is 17.3 Å². The van der Waals surface area contributed by atoms with Gasteiger partial charge < -0.3 is 15.3 Å². The molecule has 4 rings (SSSR count). The van der Waals surface area contributed by atoms with E-state index in [-0.39, 0.29) is 5.91 Å². The fraction of sp³-hybridized carbons (Fsp3) is 0.176. The lowest BCUT2D eigenvalue weighted by molar-refractivity contribution is -0.143. The van der Waals surface area contributed by atoms with Crippen molar-refractivity contribution in [1.29, 1.82) is 0 Å². The van der Waals surface area contributed by atoms with Crippen molar-refractivity contribution in [3.05, 3.63) is 59.7 Å². The smallest absolute Gasteiger partial charge is 0.264 e. The maximum atomic E-state index is 12.7. The molecule has 0 fully saturated rings. The number of rotatable bonds is 1. The van der Waals surface area contributed by atoms with Crippen LogP contribution in [0.1, 0.15) is 17.0 Å². The number of aliphatic hydroxyl groups is 1. The van der Waals surface area contributed by atoms with E-state index in [1.807, 2.05) is 6.07 Å². The summed E-state index contributed by atoms with van der Waals surface area (Å²) < 4.78 is 0. The van der Waals surface area contributed by atoms with Crippen LogP contribution < -0.4 is 10.2 Å². The Bertz CT molecular complexity index is 817. The third-order valence-corrected chi connectivity index (χ3v) is 4.52. The monoisotopic (exact) mass is 294 g/mol. The number of benzene rings is 2. The molecule has 2 atom stereocenters. The summed E-state index contributed by atoms with van der Waals surface area (Å²) in [6, 6.07) is 14.2. The average molecular weight is 294 g/mol. The molecule has 2 aromatic rings. The van der Waals surface area contributed by atoms with Crippen LogP contribution in [0.2, 0.25) is 0 Å². The molecule has 5 nitrogen and oxygen atoms in total. The molecule has 0 saturated carbocycles. The van der Waals surface area contributed by atoms with E-state index in [1.165, 1.54) is 4.90 Å². The Balaban J connectivity index is 1.96. The van der Waals surface area contributed by atoms with E-state index in [0.717, 1.165) is 0 Å². The first-order chi connectivity index (χ1) is 10.5. The molecule has 0 saturated heterocycles. The van der Waals surface area contributed by atoms with Crippen molar-refractivity contribution in [1.82, 2.24) is 0 Å². The van der Waals surface area contributed by atoms with E-state index >= 15 is 0 Å². The maximum Gasteiger partial charge on any atom is 0.264 e. The maximum absolute atomic E-state index is 12.7. The highest BCUT2D eigenvalue weighted by Gasteiger charge is 2.58. The lowest BCUT2D eigenvalue weighted by Gasteiger charge is -2.27. The van der Waals surface area contributed by atoms with Crippen molar-refractivity contribution in [3.8, 4) is 0 Å². The lowest BCUT2D eigenvalue weighted by atomic mass is 9.78. The SMILES string of the molecule is CN1C(=O)[C@](O)([C@H]2C(=O)Nc3ccccc32)c2ccccc21. The zero-order chi connectivity index (χ0) is 15.5. The molecule has 110 valence electrons. The molecular weight excluding hydrogens is 280 g/mol. The van der Waals surface area contributed by atoms with Gasteiger partial charge in [-0.3, -0.25) is 9.59 Å². The Morgan fingerprint density at radius 3 is 2.59 bits per heavy atom. The van der Waals surface area contributed by atoms with Gasteiger partial charge in [0.15, 0.2) is 5.60 Å². The van der Waals surface area contributed by atoms with Crippen molar-refractivity contribution < 1.29 is 14.7 Å². The fourth-order valence-electron chi connectivity index (χ4n) is 3.47. The second-order valence-corrected chi connectivity index (χ2v) is 5.66. The van der Waals surface area contributed by atoms with Crippen LogP contribution in [0.3, 0.4) is 0 Å². The molecule has 0 aromatic heterocycles. The van der Waals surface area contributed by atoms with E-state index in [9.17, 15) is 14.7 Å². The Morgan fingerprint density at radius 1 is 1.09 bits per heavy atom. The quantitative estimate of drug-likeness (QED) is 0.839. The molecule has 2 aliphatic rings. The van der Waals surface area contributed by atoms with E-state index in [0.29, 0.717) is 22.5 Å². The highest BCUT2D eigenvalue weighted by Crippen LogP contribution is 2.51. The first-order valence-corrected chi connectivity index (χ1v) is 7.05. The number of likely N-dealkylation sites (N-methyl/N-ethyl adjacent to an activating group) is 1. The van der Waals surface area contributed by atoms with Gasteiger partial charge in [-0.2, -0.15) is 0 Å². The predicted octanol–water partition coefficient (Wildman–Crippen LogP) is 1.59. The number of carbonyl (C=O) groups excluding carboxylic acids is 2. The summed E-state index contributed by atoms with van der Waals surface area (Å²) in [5.41, 5.74) is 0.521. The van der Waals surface area contributed by atoms with Gasteiger partial charge in [-0.25, -0.2) is 0 Å². The minimum atomic E-state index is -1.87. The molecule has 0 unspecified atom stereocenters.